The van der Waals surface area contributed by atoms with E-state index < -0.39 is 11.6 Å². The number of carbonyl (C=O) groups is 2. The van der Waals surface area contributed by atoms with Crippen molar-refractivity contribution < 1.29 is 18.9 Å². The lowest BCUT2D eigenvalue weighted by Gasteiger charge is -2.27. The summed E-state index contributed by atoms with van der Waals surface area (Å²) in [6, 6.07) is 14.7. The average molecular weight is 504 g/mol. The number of anilines is 1. The lowest BCUT2D eigenvalue weighted by Crippen LogP contribution is -2.44. The molecule has 1 saturated heterocycles. The van der Waals surface area contributed by atoms with Crippen LogP contribution in [0.1, 0.15) is 25.8 Å². The van der Waals surface area contributed by atoms with Crippen molar-refractivity contribution in [3.05, 3.63) is 82.9 Å². The number of aromatic nitrogens is 1. The van der Waals surface area contributed by atoms with E-state index >= 15 is 0 Å². The molecule has 1 fully saturated rings. The Bertz CT molecular complexity index is 1340. The largest absolute Gasteiger partial charge is 0.494 e. The summed E-state index contributed by atoms with van der Waals surface area (Å²) in [6.07, 6.45) is 4.57. The number of halogens is 1. The van der Waals surface area contributed by atoms with E-state index in [1.165, 1.54) is 6.07 Å². The van der Waals surface area contributed by atoms with Crippen molar-refractivity contribution in [2.45, 2.75) is 32.7 Å². The van der Waals surface area contributed by atoms with E-state index in [9.17, 15) is 9.59 Å². The molecule has 1 aliphatic rings. The second kappa shape index (κ2) is 10.00. The first-order chi connectivity index (χ1) is 17.1. The third-order valence-electron chi connectivity index (χ3n) is 6.48. The molecule has 0 N–H and O–H groups in total. The van der Waals surface area contributed by atoms with E-state index in [0.717, 1.165) is 21.8 Å². The number of imide groups is 1. The van der Waals surface area contributed by atoms with Gasteiger partial charge in [-0.15, -0.1) is 0 Å². The Morgan fingerprint density at radius 1 is 1.03 bits per heavy atom. The van der Waals surface area contributed by atoms with E-state index in [1.54, 1.807) is 31.7 Å². The SMILES string of the molecule is [C-]#[N+]c1ccc(N2C(=O)N(CCCOc3ccc(-c4cc[n+](C)cc4)cc3)C(C)(C)C2=O)c(C)c1Cl. The standard InChI is InChI=1S/C28H28ClN4O3/c1-19-24(12-11-23(30-4)25(19)29)33-26(34)28(2,3)32(27(33)35)15-6-18-36-22-9-7-20(8-10-22)21-13-16-31(5)17-14-21/h7-14,16-17H,6,15,18H2,1-3,5H3/q+1. The molecule has 0 bridgehead atoms. The molecule has 1 aliphatic heterocycles. The number of urea groups is 1. The van der Waals surface area contributed by atoms with Crippen molar-refractivity contribution in [3.63, 3.8) is 0 Å². The van der Waals surface area contributed by atoms with Crippen molar-refractivity contribution in [3.8, 4) is 16.9 Å². The number of nitrogens with zero attached hydrogens (tertiary/aromatic N) is 4. The first-order valence-corrected chi connectivity index (χ1v) is 12.0. The van der Waals surface area contributed by atoms with Crippen LogP contribution in [-0.2, 0) is 11.8 Å². The second-order valence-electron chi connectivity index (χ2n) is 9.27. The number of hydrogen-bond acceptors (Lipinski definition) is 3. The summed E-state index contributed by atoms with van der Waals surface area (Å²) in [5.74, 6) is 0.420. The number of carbonyl (C=O) groups excluding carboxylic acids is 2. The maximum atomic E-state index is 13.3. The zero-order chi connectivity index (χ0) is 26.0. The van der Waals surface area contributed by atoms with Crippen LogP contribution in [0.3, 0.4) is 0 Å². The maximum absolute atomic E-state index is 13.3. The molecule has 2 heterocycles. The fourth-order valence-corrected chi connectivity index (χ4v) is 4.46. The summed E-state index contributed by atoms with van der Waals surface area (Å²) in [5.41, 5.74) is 2.44. The van der Waals surface area contributed by atoms with Gasteiger partial charge in [-0.25, -0.2) is 19.1 Å². The van der Waals surface area contributed by atoms with Crippen molar-refractivity contribution in [1.82, 2.24) is 4.90 Å². The summed E-state index contributed by atoms with van der Waals surface area (Å²) < 4.78 is 7.88. The number of rotatable bonds is 7. The van der Waals surface area contributed by atoms with E-state index in [4.69, 9.17) is 22.9 Å². The highest BCUT2D eigenvalue weighted by molar-refractivity contribution is 6.35. The quantitative estimate of drug-likeness (QED) is 0.180. The Balaban J connectivity index is 1.39. The molecular weight excluding hydrogens is 476 g/mol. The molecular formula is C28H28ClN4O3+. The molecule has 3 aromatic rings. The number of pyridine rings is 1. The van der Waals surface area contributed by atoms with Gasteiger partial charge in [0.2, 0.25) is 5.69 Å². The number of hydrogen-bond donors (Lipinski definition) is 0. The highest BCUT2D eigenvalue weighted by Crippen LogP contribution is 2.39. The third kappa shape index (κ3) is 4.65. The Kier molecular flexibility index (Phi) is 7.00. The Morgan fingerprint density at radius 3 is 2.31 bits per heavy atom. The lowest BCUT2D eigenvalue weighted by molar-refractivity contribution is -0.671. The minimum absolute atomic E-state index is 0.250. The van der Waals surface area contributed by atoms with Crippen LogP contribution in [0.15, 0.2) is 60.9 Å². The smallest absolute Gasteiger partial charge is 0.332 e. The molecule has 3 amide bonds. The van der Waals surface area contributed by atoms with Gasteiger partial charge in [0.1, 0.15) is 18.3 Å². The van der Waals surface area contributed by atoms with Gasteiger partial charge in [-0.2, -0.15) is 0 Å². The average Bonchev–Trinajstić information content (AvgIpc) is 3.03. The van der Waals surface area contributed by atoms with Gasteiger partial charge in [0.15, 0.2) is 12.4 Å². The van der Waals surface area contributed by atoms with Gasteiger partial charge in [0.25, 0.3) is 5.91 Å². The zero-order valence-electron chi connectivity index (χ0n) is 20.8. The number of aryl methyl sites for hydroxylation is 1. The van der Waals surface area contributed by atoms with Gasteiger partial charge in [0, 0.05) is 18.7 Å². The van der Waals surface area contributed by atoms with Crippen molar-refractivity contribution in [1.29, 1.82) is 0 Å². The fourth-order valence-electron chi connectivity index (χ4n) is 4.26. The first kappa shape index (κ1) is 25.2. The predicted molar refractivity (Wildman–Crippen MR) is 139 cm³/mol. The second-order valence-corrected chi connectivity index (χ2v) is 9.65. The Hall–Kier alpha value is -3.89. The fraction of sp³-hybridized carbons (Fsp3) is 0.286. The molecule has 184 valence electrons. The molecule has 0 aliphatic carbocycles. The monoisotopic (exact) mass is 503 g/mol. The highest BCUT2D eigenvalue weighted by Gasteiger charge is 2.51. The topological polar surface area (TPSA) is 58.1 Å². The van der Waals surface area contributed by atoms with Gasteiger partial charge in [-0.05, 0) is 62.1 Å². The zero-order valence-corrected chi connectivity index (χ0v) is 21.5. The van der Waals surface area contributed by atoms with E-state index in [0.29, 0.717) is 30.8 Å². The molecule has 0 radical (unpaired) electrons. The predicted octanol–water partition coefficient (Wildman–Crippen LogP) is 5.71. The highest BCUT2D eigenvalue weighted by atomic mass is 35.5. The lowest BCUT2D eigenvalue weighted by atomic mass is 10.0. The van der Waals surface area contributed by atoms with Crippen LogP contribution in [0.5, 0.6) is 5.75 Å². The van der Waals surface area contributed by atoms with Gasteiger partial charge in [0.05, 0.1) is 23.9 Å². The van der Waals surface area contributed by atoms with Crippen molar-refractivity contribution in [2.24, 2.45) is 7.05 Å². The van der Waals surface area contributed by atoms with Crippen LogP contribution in [0.2, 0.25) is 5.02 Å². The van der Waals surface area contributed by atoms with Crippen LogP contribution < -0.4 is 14.2 Å². The van der Waals surface area contributed by atoms with Crippen LogP contribution in [-0.4, -0.2) is 35.5 Å². The van der Waals surface area contributed by atoms with Gasteiger partial charge < -0.3 is 9.64 Å². The van der Waals surface area contributed by atoms with E-state index in [-0.39, 0.29) is 16.6 Å². The van der Waals surface area contributed by atoms with Crippen LogP contribution in [0, 0.1) is 13.5 Å². The molecule has 2 aromatic carbocycles. The molecule has 4 rings (SSSR count). The van der Waals surface area contributed by atoms with E-state index in [2.05, 4.69) is 17.0 Å². The molecule has 7 nitrogen and oxygen atoms in total. The number of amides is 3. The molecule has 0 unspecified atom stereocenters. The van der Waals surface area contributed by atoms with Crippen LogP contribution in [0.25, 0.3) is 16.0 Å². The molecule has 0 atom stereocenters. The van der Waals surface area contributed by atoms with Crippen LogP contribution >= 0.6 is 11.6 Å². The van der Waals surface area contributed by atoms with Gasteiger partial charge in [-0.3, -0.25) is 4.79 Å². The van der Waals surface area contributed by atoms with Gasteiger partial charge >= 0.3 is 6.03 Å². The van der Waals surface area contributed by atoms with Gasteiger partial charge in [-0.1, -0.05) is 29.8 Å². The molecule has 0 saturated carbocycles. The normalized spacial score (nSPS) is 14.8. The van der Waals surface area contributed by atoms with Crippen LogP contribution in [0.4, 0.5) is 16.2 Å². The molecule has 36 heavy (non-hydrogen) atoms. The first-order valence-electron chi connectivity index (χ1n) is 11.7. The Morgan fingerprint density at radius 2 is 1.67 bits per heavy atom. The number of ether oxygens (including phenoxy) is 1. The summed E-state index contributed by atoms with van der Waals surface area (Å²) in [6.45, 7) is 13.2. The minimum Gasteiger partial charge on any atom is -0.494 e. The summed E-state index contributed by atoms with van der Waals surface area (Å²) in [4.78, 5) is 32.6. The minimum atomic E-state index is -1.01. The molecule has 0 spiro atoms. The maximum Gasteiger partial charge on any atom is 0.332 e. The third-order valence-corrected chi connectivity index (χ3v) is 6.96. The number of benzene rings is 2. The summed E-state index contributed by atoms with van der Waals surface area (Å²) in [5, 5.41) is 0.250. The summed E-state index contributed by atoms with van der Waals surface area (Å²) in [7, 11) is 1.98. The van der Waals surface area contributed by atoms with Crippen molar-refractivity contribution in [2.75, 3.05) is 18.1 Å². The Labute approximate surface area is 216 Å². The molecule has 8 heteroatoms. The van der Waals surface area contributed by atoms with Crippen molar-refractivity contribution >= 4 is 34.9 Å². The van der Waals surface area contributed by atoms with E-state index in [1.807, 2.05) is 48.3 Å². The molecule has 1 aromatic heterocycles. The summed E-state index contributed by atoms with van der Waals surface area (Å²) >= 11 is 6.30.